The van der Waals surface area contributed by atoms with Crippen molar-refractivity contribution in [2.24, 2.45) is 0 Å². The number of aromatic nitrogens is 3. The molecule has 0 fully saturated rings. The van der Waals surface area contributed by atoms with Crippen LogP contribution in [0.15, 0.2) is 67.6 Å². The lowest BCUT2D eigenvalue weighted by atomic mass is 10.1. The number of halogens is 3. The number of rotatable bonds is 9. The molecule has 2 aromatic heterocycles. The number of amides is 1. The third-order valence-electron chi connectivity index (χ3n) is 5.28. The maximum absolute atomic E-state index is 14.7. The average Bonchev–Trinajstić information content (AvgIpc) is 2.93. The fourth-order valence-corrected chi connectivity index (χ4v) is 4.06. The standard InChI is InChI=1S/C26H21Cl2FN6O3/c1-4-21(36)33-16-9-5-8-15(29)24(16)34-20-11-17(31-13-32-20)14-7-6-10-30-26(14)35-25-22(27)18(37-2)12-19(38-3)23(25)28/h4-13H,1H2,2-3H3,(H,30,35)(H,33,36)(H,31,32,34). The summed E-state index contributed by atoms with van der Waals surface area (Å²) in [6, 6.07) is 11.0. The van der Waals surface area contributed by atoms with Gasteiger partial charge in [0.1, 0.15) is 45.3 Å². The van der Waals surface area contributed by atoms with Crippen molar-refractivity contribution in [3.05, 3.63) is 83.5 Å². The van der Waals surface area contributed by atoms with E-state index in [1.165, 1.54) is 32.7 Å². The van der Waals surface area contributed by atoms with Crippen molar-refractivity contribution in [1.29, 1.82) is 0 Å². The van der Waals surface area contributed by atoms with Crippen molar-refractivity contribution in [3.63, 3.8) is 0 Å². The second-order valence-corrected chi connectivity index (χ2v) is 8.33. The molecule has 3 N–H and O–H groups in total. The predicted octanol–water partition coefficient (Wildman–Crippen LogP) is 6.61. The lowest BCUT2D eigenvalue weighted by Crippen LogP contribution is -2.10. The molecule has 38 heavy (non-hydrogen) atoms. The summed E-state index contributed by atoms with van der Waals surface area (Å²) in [5.41, 5.74) is 1.59. The molecule has 0 saturated heterocycles. The molecular weight excluding hydrogens is 534 g/mol. The third-order valence-corrected chi connectivity index (χ3v) is 6.03. The molecule has 0 atom stereocenters. The minimum Gasteiger partial charge on any atom is -0.495 e. The molecule has 4 rings (SSSR count). The van der Waals surface area contributed by atoms with Gasteiger partial charge in [-0.25, -0.2) is 19.3 Å². The summed E-state index contributed by atoms with van der Waals surface area (Å²) in [6.45, 7) is 3.42. The number of methoxy groups -OCH3 is 2. The number of carbonyl (C=O) groups excluding carboxylic acids is 1. The molecule has 0 aliphatic heterocycles. The Morgan fingerprint density at radius 1 is 0.974 bits per heavy atom. The summed E-state index contributed by atoms with van der Waals surface area (Å²) in [6.07, 6.45) is 3.98. The molecule has 0 unspecified atom stereocenters. The van der Waals surface area contributed by atoms with Gasteiger partial charge in [-0.1, -0.05) is 35.8 Å². The van der Waals surface area contributed by atoms with E-state index in [-0.39, 0.29) is 27.2 Å². The van der Waals surface area contributed by atoms with E-state index in [1.807, 2.05) is 0 Å². The van der Waals surface area contributed by atoms with Gasteiger partial charge in [0.05, 0.1) is 37.0 Å². The molecule has 0 saturated carbocycles. The van der Waals surface area contributed by atoms with Gasteiger partial charge in [0, 0.05) is 23.9 Å². The van der Waals surface area contributed by atoms with Crippen LogP contribution in [0.3, 0.4) is 0 Å². The molecule has 4 aromatic rings. The summed E-state index contributed by atoms with van der Waals surface area (Å²) in [5.74, 6) is 0.270. The third kappa shape index (κ3) is 5.61. The molecule has 0 spiro atoms. The van der Waals surface area contributed by atoms with E-state index in [1.54, 1.807) is 36.5 Å². The van der Waals surface area contributed by atoms with Crippen molar-refractivity contribution in [3.8, 4) is 22.8 Å². The highest BCUT2D eigenvalue weighted by molar-refractivity contribution is 6.41. The van der Waals surface area contributed by atoms with Crippen LogP contribution in [0.1, 0.15) is 0 Å². The summed E-state index contributed by atoms with van der Waals surface area (Å²) < 4.78 is 25.3. The van der Waals surface area contributed by atoms with Crippen LogP contribution in [-0.4, -0.2) is 35.1 Å². The quantitative estimate of drug-likeness (QED) is 0.198. The maximum atomic E-state index is 14.7. The van der Waals surface area contributed by atoms with Gasteiger partial charge < -0.3 is 25.4 Å². The first-order valence-electron chi connectivity index (χ1n) is 11.0. The Bertz CT molecular complexity index is 1490. The minimum atomic E-state index is -0.591. The minimum absolute atomic E-state index is 0.0268. The predicted molar refractivity (Wildman–Crippen MR) is 147 cm³/mol. The van der Waals surface area contributed by atoms with E-state index >= 15 is 0 Å². The number of hydrogen-bond donors (Lipinski definition) is 3. The smallest absolute Gasteiger partial charge is 0.247 e. The van der Waals surface area contributed by atoms with E-state index in [9.17, 15) is 9.18 Å². The van der Waals surface area contributed by atoms with Crippen molar-refractivity contribution >= 4 is 57.8 Å². The van der Waals surface area contributed by atoms with Gasteiger partial charge in [0.2, 0.25) is 5.91 Å². The summed E-state index contributed by atoms with van der Waals surface area (Å²) in [5, 5.41) is 9.07. The van der Waals surface area contributed by atoms with Gasteiger partial charge in [-0.2, -0.15) is 0 Å². The fourth-order valence-electron chi connectivity index (χ4n) is 3.47. The van der Waals surface area contributed by atoms with E-state index in [0.717, 1.165) is 6.08 Å². The second-order valence-electron chi connectivity index (χ2n) is 7.58. The van der Waals surface area contributed by atoms with Crippen LogP contribution in [0.4, 0.5) is 33.1 Å². The normalized spacial score (nSPS) is 10.4. The van der Waals surface area contributed by atoms with Crippen molar-refractivity contribution in [2.45, 2.75) is 0 Å². The lowest BCUT2D eigenvalue weighted by molar-refractivity contribution is -0.111. The Hall–Kier alpha value is -4.41. The van der Waals surface area contributed by atoms with E-state index < -0.39 is 11.7 Å². The van der Waals surface area contributed by atoms with Crippen LogP contribution in [0.2, 0.25) is 10.0 Å². The molecule has 2 heterocycles. The highest BCUT2D eigenvalue weighted by Gasteiger charge is 2.20. The van der Waals surface area contributed by atoms with Gasteiger partial charge in [-0.05, 0) is 30.3 Å². The number of nitrogens with zero attached hydrogens (tertiary/aromatic N) is 3. The zero-order chi connectivity index (χ0) is 27.2. The highest BCUT2D eigenvalue weighted by atomic mass is 35.5. The molecule has 1 amide bonds. The Labute approximate surface area is 227 Å². The molecule has 0 aliphatic rings. The van der Waals surface area contributed by atoms with E-state index in [0.29, 0.717) is 34.3 Å². The molecule has 194 valence electrons. The Morgan fingerprint density at radius 2 is 1.71 bits per heavy atom. The van der Waals surface area contributed by atoms with E-state index in [2.05, 4.69) is 37.5 Å². The molecule has 0 aliphatic carbocycles. The van der Waals surface area contributed by atoms with E-state index in [4.69, 9.17) is 32.7 Å². The first-order valence-corrected chi connectivity index (χ1v) is 11.7. The number of para-hydroxylation sites is 1. The van der Waals surface area contributed by atoms with Gasteiger partial charge in [-0.15, -0.1) is 0 Å². The maximum Gasteiger partial charge on any atom is 0.247 e. The van der Waals surface area contributed by atoms with Crippen molar-refractivity contribution in [2.75, 3.05) is 30.2 Å². The van der Waals surface area contributed by atoms with Crippen LogP contribution in [-0.2, 0) is 4.79 Å². The number of hydrogen-bond acceptors (Lipinski definition) is 8. The lowest BCUT2D eigenvalue weighted by Gasteiger charge is -2.17. The van der Waals surface area contributed by atoms with Crippen molar-refractivity contribution in [1.82, 2.24) is 15.0 Å². The average molecular weight is 555 g/mol. The Kier molecular flexibility index (Phi) is 8.25. The Balaban J connectivity index is 1.71. The van der Waals surface area contributed by atoms with Crippen LogP contribution >= 0.6 is 23.2 Å². The number of carbonyl (C=O) groups is 1. The topological polar surface area (TPSA) is 110 Å². The number of benzene rings is 2. The largest absolute Gasteiger partial charge is 0.495 e. The molecule has 0 radical (unpaired) electrons. The first kappa shape index (κ1) is 26.6. The van der Waals surface area contributed by atoms with Crippen molar-refractivity contribution < 1.29 is 18.7 Å². The fraction of sp³-hybridized carbons (Fsp3) is 0.0769. The molecule has 9 nitrogen and oxygen atoms in total. The van der Waals surface area contributed by atoms with Crippen LogP contribution in [0.25, 0.3) is 11.3 Å². The first-order chi connectivity index (χ1) is 18.4. The zero-order valence-corrected chi connectivity index (χ0v) is 21.7. The zero-order valence-electron chi connectivity index (χ0n) is 20.2. The van der Waals surface area contributed by atoms with Crippen LogP contribution in [0.5, 0.6) is 11.5 Å². The van der Waals surface area contributed by atoms with Crippen LogP contribution in [0, 0.1) is 5.82 Å². The molecule has 12 heteroatoms. The number of ether oxygens (including phenoxy) is 2. The van der Waals surface area contributed by atoms with Gasteiger partial charge in [0.25, 0.3) is 0 Å². The summed E-state index contributed by atoms with van der Waals surface area (Å²) in [4.78, 5) is 24.8. The number of anilines is 5. The monoisotopic (exact) mass is 554 g/mol. The Morgan fingerprint density at radius 3 is 2.39 bits per heavy atom. The SMILES string of the molecule is C=CC(=O)Nc1cccc(F)c1Nc1cc(-c2cccnc2Nc2c(Cl)c(OC)cc(OC)c2Cl)ncn1. The number of nitrogens with one attached hydrogen (secondary N) is 3. The summed E-state index contributed by atoms with van der Waals surface area (Å²) in [7, 11) is 2.95. The van der Waals surface area contributed by atoms with Gasteiger partial charge in [-0.3, -0.25) is 4.79 Å². The van der Waals surface area contributed by atoms with Crippen LogP contribution < -0.4 is 25.4 Å². The molecular formula is C26H21Cl2FN6O3. The molecule has 2 aromatic carbocycles. The highest BCUT2D eigenvalue weighted by Crippen LogP contribution is 2.45. The molecule has 0 bridgehead atoms. The number of pyridine rings is 1. The van der Waals surface area contributed by atoms with Gasteiger partial charge in [0.15, 0.2) is 0 Å². The summed E-state index contributed by atoms with van der Waals surface area (Å²) >= 11 is 13.0. The van der Waals surface area contributed by atoms with Gasteiger partial charge >= 0.3 is 0 Å². The second kappa shape index (κ2) is 11.8.